The summed E-state index contributed by atoms with van der Waals surface area (Å²) < 4.78 is 34.6. The third-order valence-electron chi connectivity index (χ3n) is 6.73. The summed E-state index contributed by atoms with van der Waals surface area (Å²) >= 11 is 19.1. The monoisotopic (exact) mass is 638 g/mol. The van der Waals surface area contributed by atoms with Gasteiger partial charge in [0, 0.05) is 36.8 Å². The molecule has 0 atom stereocenters. The van der Waals surface area contributed by atoms with E-state index in [0.29, 0.717) is 65.1 Å². The quantitative estimate of drug-likeness (QED) is 0.268. The third-order valence-corrected chi connectivity index (χ3v) is 8.79. The molecule has 0 saturated carbocycles. The molecule has 2 aromatic heterocycles. The Kier molecular flexibility index (Phi) is 8.93. The Balaban J connectivity index is 1.39. The molecule has 2 N–H and O–H groups in total. The molecule has 1 fully saturated rings. The van der Waals surface area contributed by atoms with Gasteiger partial charge in [0.15, 0.2) is 5.65 Å². The zero-order valence-corrected chi connectivity index (χ0v) is 25.5. The van der Waals surface area contributed by atoms with E-state index >= 15 is 0 Å². The molecular weight excluding hydrogens is 611 g/mol. The number of morpholine rings is 1. The highest BCUT2D eigenvalue weighted by Crippen LogP contribution is 2.34. The third kappa shape index (κ3) is 6.87. The normalized spacial score (nSPS) is 14.7. The van der Waals surface area contributed by atoms with Crippen LogP contribution in [-0.4, -0.2) is 71.7 Å². The maximum atomic E-state index is 13.2. The Bertz CT molecular complexity index is 1710. The van der Waals surface area contributed by atoms with Gasteiger partial charge in [-0.15, -0.1) is 0 Å². The number of aromatic amines is 1. The van der Waals surface area contributed by atoms with Gasteiger partial charge in [0.25, 0.3) is 5.56 Å². The van der Waals surface area contributed by atoms with E-state index in [1.54, 1.807) is 36.4 Å². The van der Waals surface area contributed by atoms with Gasteiger partial charge in [-0.2, -0.15) is 5.10 Å². The number of fused-ring (bicyclic) bond motifs is 1. The topological polar surface area (TPSA) is 122 Å². The zero-order chi connectivity index (χ0) is 29.3. The molecule has 10 nitrogen and oxygen atoms in total. The lowest BCUT2D eigenvalue weighted by Crippen LogP contribution is -2.39. The summed E-state index contributed by atoms with van der Waals surface area (Å²) in [4.78, 5) is 22.9. The van der Waals surface area contributed by atoms with Crippen LogP contribution in [0.3, 0.4) is 0 Å². The number of anilines is 1. The van der Waals surface area contributed by atoms with Crippen molar-refractivity contribution < 1.29 is 13.2 Å². The fourth-order valence-electron chi connectivity index (χ4n) is 4.67. The molecule has 0 amide bonds. The zero-order valence-electron chi connectivity index (χ0n) is 22.5. The molecule has 3 heterocycles. The van der Waals surface area contributed by atoms with Crippen molar-refractivity contribution in [1.29, 1.82) is 0 Å². The second-order valence-electron chi connectivity index (χ2n) is 10.1. The Morgan fingerprint density at radius 3 is 2.37 bits per heavy atom. The molecule has 14 heteroatoms. The van der Waals surface area contributed by atoms with E-state index in [-0.39, 0.29) is 27.3 Å². The van der Waals surface area contributed by atoms with Gasteiger partial charge in [0.2, 0.25) is 10.0 Å². The average molecular weight is 640 g/mol. The van der Waals surface area contributed by atoms with Crippen LogP contribution < -0.4 is 10.3 Å². The summed E-state index contributed by atoms with van der Waals surface area (Å²) in [5, 5.41) is 5.93. The molecule has 218 valence electrons. The molecule has 1 aliphatic rings. The molecule has 4 aromatic rings. The van der Waals surface area contributed by atoms with Crippen molar-refractivity contribution in [1.82, 2.24) is 24.6 Å². The summed E-state index contributed by atoms with van der Waals surface area (Å²) in [5.41, 5.74) is 2.21. The molecule has 1 saturated heterocycles. The van der Waals surface area contributed by atoms with Crippen LogP contribution in [0.4, 0.5) is 5.69 Å². The van der Waals surface area contributed by atoms with Crippen LogP contribution in [0.15, 0.2) is 41.2 Å². The summed E-state index contributed by atoms with van der Waals surface area (Å²) in [6, 6.07) is 10.1. The van der Waals surface area contributed by atoms with Crippen LogP contribution in [0.5, 0.6) is 0 Å². The van der Waals surface area contributed by atoms with E-state index in [0.717, 1.165) is 18.7 Å². The molecule has 0 radical (unpaired) electrons. The number of hydrogen-bond donors (Lipinski definition) is 2. The minimum absolute atomic E-state index is 0.00633. The molecule has 0 unspecified atom stereocenters. The Labute approximate surface area is 252 Å². The minimum Gasteiger partial charge on any atom is -0.379 e. The van der Waals surface area contributed by atoms with Gasteiger partial charge in [-0.05, 0) is 35.7 Å². The lowest BCUT2D eigenvalue weighted by Gasteiger charge is -2.26. The van der Waals surface area contributed by atoms with Gasteiger partial charge >= 0.3 is 0 Å². The highest BCUT2D eigenvalue weighted by molar-refractivity contribution is 7.92. The molecule has 2 aromatic carbocycles. The summed E-state index contributed by atoms with van der Waals surface area (Å²) in [7, 11) is -3.51. The molecular formula is C27H29Cl3N6O4S. The fourth-order valence-corrected chi connectivity index (χ4v) is 6.74. The number of hydrogen-bond acceptors (Lipinski definition) is 7. The van der Waals surface area contributed by atoms with Gasteiger partial charge in [-0.3, -0.25) is 14.4 Å². The van der Waals surface area contributed by atoms with Crippen LogP contribution in [0, 0.1) is 0 Å². The highest BCUT2D eigenvalue weighted by atomic mass is 35.5. The number of nitrogens with one attached hydrogen (secondary N) is 2. The highest BCUT2D eigenvalue weighted by Gasteiger charge is 2.23. The van der Waals surface area contributed by atoms with Crippen molar-refractivity contribution in [2.45, 2.75) is 26.2 Å². The SMILES string of the molecule is CC(C)c1nn(-c2c(Cl)cc(Cl)cc2Cl)c2nc(Cc3ccc(NS(=O)(=O)CCN4CCOCC4)cc3)[nH]c(=O)c12. The van der Waals surface area contributed by atoms with E-state index in [1.165, 1.54) is 4.68 Å². The number of ether oxygens (including phenoxy) is 1. The van der Waals surface area contributed by atoms with Crippen molar-refractivity contribution in [3.05, 3.63) is 78.9 Å². The van der Waals surface area contributed by atoms with E-state index in [2.05, 4.69) is 19.7 Å². The first-order chi connectivity index (χ1) is 19.5. The van der Waals surface area contributed by atoms with E-state index < -0.39 is 10.0 Å². The first kappa shape index (κ1) is 29.8. The Morgan fingerprint density at radius 1 is 1.07 bits per heavy atom. The smallest absolute Gasteiger partial charge is 0.262 e. The summed E-state index contributed by atoms with van der Waals surface area (Å²) in [5.74, 6) is 0.328. The van der Waals surface area contributed by atoms with Crippen LogP contribution in [0.25, 0.3) is 16.7 Å². The van der Waals surface area contributed by atoms with Gasteiger partial charge in [0.05, 0.1) is 34.7 Å². The number of rotatable bonds is 9. The molecule has 1 aliphatic heterocycles. The lowest BCUT2D eigenvalue weighted by molar-refractivity contribution is 0.0408. The average Bonchev–Trinajstić information content (AvgIpc) is 3.29. The van der Waals surface area contributed by atoms with Crippen LogP contribution in [0.1, 0.15) is 36.8 Å². The molecule has 0 spiro atoms. The first-order valence-corrected chi connectivity index (χ1v) is 15.9. The Hall–Kier alpha value is -2.67. The predicted octanol–water partition coefficient (Wildman–Crippen LogP) is 4.86. The van der Waals surface area contributed by atoms with E-state index in [4.69, 9.17) is 44.5 Å². The second kappa shape index (κ2) is 12.3. The van der Waals surface area contributed by atoms with Crippen LogP contribution in [-0.2, 0) is 21.2 Å². The molecule has 41 heavy (non-hydrogen) atoms. The molecule has 0 aliphatic carbocycles. The number of nitrogens with zero attached hydrogens (tertiary/aromatic N) is 4. The van der Waals surface area contributed by atoms with Crippen LogP contribution >= 0.6 is 34.8 Å². The largest absolute Gasteiger partial charge is 0.379 e. The lowest BCUT2D eigenvalue weighted by atomic mass is 10.1. The number of benzene rings is 2. The number of sulfonamides is 1. The van der Waals surface area contributed by atoms with Crippen molar-refractivity contribution in [2.75, 3.05) is 43.3 Å². The first-order valence-electron chi connectivity index (χ1n) is 13.1. The maximum absolute atomic E-state index is 13.2. The van der Waals surface area contributed by atoms with Crippen molar-refractivity contribution in [3.63, 3.8) is 0 Å². The number of aromatic nitrogens is 4. The number of halogens is 3. The minimum atomic E-state index is -3.51. The standard InChI is InChI=1S/C27H29Cl3N6O4S/c1-16(2)24-23-26(36(33-24)25-20(29)14-18(28)15-21(25)30)31-22(32-27(23)37)13-17-3-5-19(6-4-17)34-41(38,39)12-9-35-7-10-40-11-8-35/h3-6,14-16,34H,7-13H2,1-2H3,(H,31,32,37). The summed E-state index contributed by atoms with van der Waals surface area (Å²) in [6.07, 6.45) is 0.291. The van der Waals surface area contributed by atoms with Crippen LogP contribution in [0.2, 0.25) is 15.1 Å². The summed E-state index contributed by atoms with van der Waals surface area (Å²) in [6.45, 7) is 7.00. The van der Waals surface area contributed by atoms with Crippen molar-refractivity contribution >= 4 is 61.5 Å². The predicted molar refractivity (Wildman–Crippen MR) is 163 cm³/mol. The second-order valence-corrected chi connectivity index (χ2v) is 13.2. The van der Waals surface area contributed by atoms with Gasteiger partial charge < -0.3 is 9.72 Å². The fraction of sp³-hybridized carbons (Fsp3) is 0.370. The number of H-pyrrole nitrogens is 1. The Morgan fingerprint density at radius 2 is 1.73 bits per heavy atom. The molecule has 5 rings (SSSR count). The maximum Gasteiger partial charge on any atom is 0.262 e. The van der Waals surface area contributed by atoms with Gasteiger partial charge in [-0.1, -0.05) is 60.8 Å². The van der Waals surface area contributed by atoms with E-state index in [9.17, 15) is 13.2 Å². The van der Waals surface area contributed by atoms with E-state index in [1.807, 2.05) is 13.8 Å². The van der Waals surface area contributed by atoms with Crippen molar-refractivity contribution in [2.24, 2.45) is 0 Å². The van der Waals surface area contributed by atoms with Crippen molar-refractivity contribution in [3.8, 4) is 5.69 Å². The molecule has 0 bridgehead atoms. The van der Waals surface area contributed by atoms with Gasteiger partial charge in [-0.25, -0.2) is 18.1 Å². The van der Waals surface area contributed by atoms with Gasteiger partial charge in [0.1, 0.15) is 16.9 Å².